The largest absolute Gasteiger partial charge is 0.378 e. The zero-order valence-electron chi connectivity index (χ0n) is 15.4. The molecule has 3 aliphatic heterocycles. The fourth-order valence-corrected chi connectivity index (χ4v) is 4.82. The minimum absolute atomic E-state index is 0.198. The molecule has 6 heteroatoms. The van der Waals surface area contributed by atoms with E-state index in [2.05, 4.69) is 15.1 Å². The van der Waals surface area contributed by atoms with Crippen LogP contribution in [0.2, 0.25) is 5.02 Å². The Morgan fingerprint density at radius 2 is 2.08 bits per heavy atom. The van der Waals surface area contributed by atoms with E-state index in [1.165, 1.54) is 12.8 Å². The van der Waals surface area contributed by atoms with Crippen molar-refractivity contribution in [2.24, 2.45) is 0 Å². The number of ether oxygens (including phenoxy) is 1. The van der Waals surface area contributed by atoms with Gasteiger partial charge in [-0.15, -0.1) is 0 Å². The zero-order valence-corrected chi connectivity index (χ0v) is 16.2. The van der Waals surface area contributed by atoms with E-state index < -0.39 is 0 Å². The predicted molar refractivity (Wildman–Crippen MR) is 103 cm³/mol. The summed E-state index contributed by atoms with van der Waals surface area (Å²) in [6.45, 7) is 7.23. The number of hydrogen-bond donors (Lipinski definition) is 1. The van der Waals surface area contributed by atoms with Gasteiger partial charge in [0.2, 0.25) is 5.91 Å². The summed E-state index contributed by atoms with van der Waals surface area (Å²) in [6.07, 6.45) is 2.91. The van der Waals surface area contributed by atoms with E-state index in [1.54, 1.807) is 0 Å². The van der Waals surface area contributed by atoms with E-state index in [-0.39, 0.29) is 18.0 Å². The van der Waals surface area contributed by atoms with E-state index in [0.717, 1.165) is 48.9 Å². The first-order valence-electron chi connectivity index (χ1n) is 9.73. The minimum atomic E-state index is 0.198. The topological polar surface area (TPSA) is 44.8 Å². The monoisotopic (exact) mass is 377 g/mol. The number of nitrogens with one attached hydrogen (secondary N) is 1. The smallest absolute Gasteiger partial charge is 0.227 e. The number of halogens is 1. The van der Waals surface area contributed by atoms with Crippen LogP contribution in [0.3, 0.4) is 0 Å². The highest BCUT2D eigenvalue weighted by Gasteiger charge is 2.44. The highest BCUT2D eigenvalue weighted by atomic mass is 35.5. The van der Waals surface area contributed by atoms with Gasteiger partial charge in [0.1, 0.15) is 0 Å². The molecule has 1 amide bonds. The lowest BCUT2D eigenvalue weighted by atomic mass is 9.92. The van der Waals surface area contributed by atoms with Crippen molar-refractivity contribution < 1.29 is 9.53 Å². The maximum atomic E-state index is 13.2. The molecule has 0 saturated carbocycles. The molecule has 1 aromatic rings. The van der Waals surface area contributed by atoms with Gasteiger partial charge in [0.05, 0.1) is 37.8 Å². The molecule has 3 atom stereocenters. The number of carbonyl (C=O) groups is 1. The molecular formula is C20H28ClN3O2. The number of amides is 1. The van der Waals surface area contributed by atoms with Crippen molar-refractivity contribution in [1.29, 1.82) is 0 Å². The zero-order chi connectivity index (χ0) is 18.1. The molecule has 142 valence electrons. The number of benzene rings is 1. The summed E-state index contributed by atoms with van der Waals surface area (Å²) in [5.74, 6) is 0.201. The van der Waals surface area contributed by atoms with Gasteiger partial charge in [0.15, 0.2) is 0 Å². The summed E-state index contributed by atoms with van der Waals surface area (Å²) >= 11 is 6.24. The van der Waals surface area contributed by atoms with E-state index in [1.807, 2.05) is 25.1 Å². The molecule has 0 bridgehead atoms. The number of hydrogen-bond acceptors (Lipinski definition) is 4. The highest BCUT2D eigenvalue weighted by molar-refractivity contribution is 6.31. The second-order valence-electron chi connectivity index (χ2n) is 7.75. The summed E-state index contributed by atoms with van der Waals surface area (Å²) in [4.78, 5) is 17.8. The van der Waals surface area contributed by atoms with Gasteiger partial charge >= 0.3 is 0 Å². The summed E-state index contributed by atoms with van der Waals surface area (Å²) in [6, 6.07) is 6.66. The fraction of sp³-hybridized carbons (Fsp3) is 0.650. The standard InChI is InChI=1S/C20H28ClN3O2/c1-14-4-5-15(10-16(14)21)11-19(25)24-9-6-22-17-12-26-13-18(20(17)24)23-7-2-3-8-23/h4-5,10,17-18,20,22H,2-3,6-9,11-13H2,1H3/t17?,18?,20-/m0/s1. The van der Waals surface area contributed by atoms with E-state index in [4.69, 9.17) is 16.3 Å². The molecule has 0 aliphatic carbocycles. The lowest BCUT2D eigenvalue weighted by Gasteiger charge is -2.50. The maximum absolute atomic E-state index is 13.2. The van der Waals surface area contributed by atoms with E-state index in [9.17, 15) is 4.79 Å². The molecule has 1 N–H and O–H groups in total. The van der Waals surface area contributed by atoms with Crippen LogP contribution in [-0.4, -0.2) is 73.2 Å². The first kappa shape index (κ1) is 18.2. The fourth-order valence-electron chi connectivity index (χ4n) is 4.61. The van der Waals surface area contributed by atoms with Gasteiger partial charge in [0, 0.05) is 18.1 Å². The molecule has 26 heavy (non-hydrogen) atoms. The van der Waals surface area contributed by atoms with Gasteiger partial charge in [-0.1, -0.05) is 23.7 Å². The van der Waals surface area contributed by atoms with Crippen LogP contribution in [0.25, 0.3) is 0 Å². The Hall–Kier alpha value is -1.14. The Kier molecular flexibility index (Phi) is 5.50. The third-order valence-electron chi connectivity index (χ3n) is 6.03. The Labute approximate surface area is 160 Å². The molecular weight excluding hydrogens is 350 g/mol. The van der Waals surface area contributed by atoms with E-state index in [0.29, 0.717) is 19.1 Å². The SMILES string of the molecule is Cc1ccc(CC(=O)N2CCNC3COCC(N4CCCC4)[C@H]32)cc1Cl. The number of piperazine rings is 1. The molecule has 4 rings (SSSR count). The van der Waals surface area contributed by atoms with Crippen LogP contribution in [0.5, 0.6) is 0 Å². The molecule has 3 heterocycles. The van der Waals surface area contributed by atoms with Crippen LogP contribution in [0.4, 0.5) is 0 Å². The van der Waals surface area contributed by atoms with Gasteiger partial charge in [-0.25, -0.2) is 0 Å². The second kappa shape index (κ2) is 7.85. The van der Waals surface area contributed by atoms with Crippen LogP contribution in [-0.2, 0) is 16.0 Å². The second-order valence-corrected chi connectivity index (χ2v) is 8.15. The maximum Gasteiger partial charge on any atom is 0.227 e. The Morgan fingerprint density at radius 1 is 1.27 bits per heavy atom. The Balaban J connectivity index is 1.52. The average Bonchev–Trinajstić information content (AvgIpc) is 3.18. The summed E-state index contributed by atoms with van der Waals surface area (Å²) in [7, 11) is 0. The molecule has 3 saturated heterocycles. The van der Waals surface area contributed by atoms with Crippen molar-refractivity contribution in [3.63, 3.8) is 0 Å². The van der Waals surface area contributed by atoms with Crippen LogP contribution in [0.15, 0.2) is 18.2 Å². The normalized spacial score (nSPS) is 29.6. The van der Waals surface area contributed by atoms with Crippen molar-refractivity contribution >= 4 is 17.5 Å². The van der Waals surface area contributed by atoms with Gasteiger partial charge in [0.25, 0.3) is 0 Å². The van der Waals surface area contributed by atoms with Crippen molar-refractivity contribution in [3.8, 4) is 0 Å². The Bertz CT molecular complexity index is 660. The number of rotatable bonds is 3. The summed E-state index contributed by atoms with van der Waals surface area (Å²) in [5.41, 5.74) is 2.04. The third-order valence-corrected chi connectivity index (χ3v) is 6.44. The number of nitrogens with zero attached hydrogens (tertiary/aromatic N) is 2. The first-order valence-corrected chi connectivity index (χ1v) is 10.1. The lowest BCUT2D eigenvalue weighted by Crippen LogP contribution is -2.70. The van der Waals surface area contributed by atoms with Gasteiger partial charge < -0.3 is 15.0 Å². The number of likely N-dealkylation sites (tertiary alicyclic amines) is 1. The molecule has 5 nitrogen and oxygen atoms in total. The predicted octanol–water partition coefficient (Wildman–Crippen LogP) is 1.85. The number of carbonyl (C=O) groups excluding carboxylic acids is 1. The van der Waals surface area contributed by atoms with Crippen molar-refractivity contribution in [2.45, 2.75) is 44.3 Å². The highest BCUT2D eigenvalue weighted by Crippen LogP contribution is 2.26. The van der Waals surface area contributed by atoms with Crippen molar-refractivity contribution in [3.05, 3.63) is 34.3 Å². The molecule has 0 spiro atoms. The van der Waals surface area contributed by atoms with Crippen LogP contribution >= 0.6 is 11.6 Å². The molecule has 3 aliphatic rings. The van der Waals surface area contributed by atoms with Crippen LogP contribution in [0, 0.1) is 6.92 Å². The van der Waals surface area contributed by atoms with Gasteiger partial charge in [-0.05, 0) is 50.0 Å². The molecule has 3 fully saturated rings. The molecule has 0 aromatic heterocycles. The average molecular weight is 378 g/mol. The van der Waals surface area contributed by atoms with Crippen molar-refractivity contribution in [2.75, 3.05) is 39.4 Å². The summed E-state index contributed by atoms with van der Waals surface area (Å²) < 4.78 is 5.88. The van der Waals surface area contributed by atoms with Gasteiger partial charge in [-0.3, -0.25) is 9.69 Å². The third kappa shape index (κ3) is 3.63. The molecule has 1 aromatic carbocycles. The molecule has 2 unspecified atom stereocenters. The Morgan fingerprint density at radius 3 is 2.85 bits per heavy atom. The number of fused-ring (bicyclic) bond motifs is 1. The lowest BCUT2D eigenvalue weighted by molar-refractivity contribution is -0.142. The van der Waals surface area contributed by atoms with E-state index >= 15 is 0 Å². The molecule has 0 radical (unpaired) electrons. The van der Waals surface area contributed by atoms with Crippen LogP contribution < -0.4 is 5.32 Å². The summed E-state index contributed by atoms with van der Waals surface area (Å²) in [5, 5.41) is 4.30. The quantitative estimate of drug-likeness (QED) is 0.873. The number of aryl methyl sites for hydroxylation is 1. The first-order chi connectivity index (χ1) is 12.6. The van der Waals surface area contributed by atoms with Crippen molar-refractivity contribution in [1.82, 2.24) is 15.1 Å². The van der Waals surface area contributed by atoms with Gasteiger partial charge in [-0.2, -0.15) is 0 Å². The minimum Gasteiger partial charge on any atom is -0.378 e. The van der Waals surface area contributed by atoms with Crippen LogP contribution in [0.1, 0.15) is 24.0 Å².